The number of unbranched alkanes of at least 4 members (excludes halogenated alkanes) is 1. The molecule has 0 radical (unpaired) electrons. The van der Waals surface area contributed by atoms with Gasteiger partial charge in [0.1, 0.15) is 5.82 Å². The van der Waals surface area contributed by atoms with Crippen LogP contribution in [-0.2, 0) is 6.42 Å². The van der Waals surface area contributed by atoms with E-state index in [0.717, 1.165) is 34.4 Å². The summed E-state index contributed by atoms with van der Waals surface area (Å²) in [6, 6.07) is 0. The van der Waals surface area contributed by atoms with Crippen LogP contribution < -0.4 is 5.56 Å². The van der Waals surface area contributed by atoms with Gasteiger partial charge in [0.05, 0.1) is 9.26 Å². The Kier molecular flexibility index (Phi) is 3.43. The number of rotatable bonds is 4. The summed E-state index contributed by atoms with van der Waals surface area (Å²) < 4.78 is 0.787. The van der Waals surface area contributed by atoms with Gasteiger partial charge in [0.2, 0.25) is 0 Å². The maximum absolute atomic E-state index is 11.7. The van der Waals surface area contributed by atoms with Crippen LogP contribution in [0.4, 0.5) is 0 Å². The van der Waals surface area contributed by atoms with Crippen molar-refractivity contribution < 1.29 is 0 Å². The molecule has 1 saturated carbocycles. The second-order valence-electron chi connectivity index (χ2n) is 4.09. The largest absolute Gasteiger partial charge is 0.310 e. The molecule has 0 saturated heterocycles. The molecule has 0 aromatic carbocycles. The Morgan fingerprint density at radius 1 is 1.53 bits per heavy atom. The van der Waals surface area contributed by atoms with E-state index < -0.39 is 0 Å². The molecule has 15 heavy (non-hydrogen) atoms. The maximum Gasteiger partial charge on any atom is 0.264 e. The molecule has 0 amide bonds. The van der Waals surface area contributed by atoms with Crippen molar-refractivity contribution in [3.8, 4) is 0 Å². The highest BCUT2D eigenvalue weighted by atomic mass is 127. The first-order chi connectivity index (χ1) is 7.22. The number of aromatic amines is 1. The van der Waals surface area contributed by atoms with Crippen molar-refractivity contribution in [1.82, 2.24) is 9.97 Å². The van der Waals surface area contributed by atoms with Crippen molar-refractivity contribution in [3.05, 3.63) is 25.4 Å². The molecule has 4 heteroatoms. The Morgan fingerprint density at radius 3 is 2.87 bits per heavy atom. The average molecular weight is 318 g/mol. The maximum atomic E-state index is 11.7. The van der Waals surface area contributed by atoms with Crippen LogP contribution in [0, 0.1) is 3.57 Å². The quantitative estimate of drug-likeness (QED) is 0.868. The lowest BCUT2D eigenvalue weighted by Crippen LogP contribution is -2.17. The first-order valence-corrected chi connectivity index (χ1v) is 6.58. The number of nitrogens with one attached hydrogen (secondary N) is 1. The van der Waals surface area contributed by atoms with Crippen molar-refractivity contribution in [1.29, 1.82) is 0 Å². The molecule has 1 aromatic heterocycles. The van der Waals surface area contributed by atoms with Gasteiger partial charge < -0.3 is 4.98 Å². The van der Waals surface area contributed by atoms with Crippen molar-refractivity contribution in [2.24, 2.45) is 0 Å². The molecule has 1 fully saturated rings. The molecule has 1 N–H and O–H groups in total. The second-order valence-corrected chi connectivity index (χ2v) is 5.17. The molecule has 1 aliphatic rings. The van der Waals surface area contributed by atoms with E-state index in [0.29, 0.717) is 5.92 Å². The highest BCUT2D eigenvalue weighted by molar-refractivity contribution is 14.1. The fourth-order valence-electron chi connectivity index (χ4n) is 1.61. The highest BCUT2D eigenvalue weighted by Crippen LogP contribution is 2.40. The fourth-order valence-corrected chi connectivity index (χ4v) is 2.31. The number of hydrogen-bond donors (Lipinski definition) is 1. The minimum atomic E-state index is 0.0404. The monoisotopic (exact) mass is 318 g/mol. The summed E-state index contributed by atoms with van der Waals surface area (Å²) in [6.45, 7) is 2.15. The van der Waals surface area contributed by atoms with Crippen LogP contribution in [0.3, 0.4) is 0 Å². The second kappa shape index (κ2) is 4.63. The molecule has 3 nitrogen and oxygen atoms in total. The van der Waals surface area contributed by atoms with Crippen molar-refractivity contribution in [3.63, 3.8) is 0 Å². The minimum absolute atomic E-state index is 0.0404. The third-order valence-corrected chi connectivity index (χ3v) is 3.71. The lowest BCUT2D eigenvalue weighted by atomic mass is 10.2. The van der Waals surface area contributed by atoms with Gasteiger partial charge in [-0.05, 0) is 41.9 Å². The van der Waals surface area contributed by atoms with Crippen LogP contribution in [0.5, 0.6) is 0 Å². The van der Waals surface area contributed by atoms with Crippen LogP contribution >= 0.6 is 22.6 Å². The molecule has 0 bridgehead atoms. The van der Waals surface area contributed by atoms with Gasteiger partial charge in [0, 0.05) is 12.3 Å². The van der Waals surface area contributed by atoms with E-state index in [9.17, 15) is 4.79 Å². The van der Waals surface area contributed by atoms with Gasteiger partial charge in [-0.25, -0.2) is 4.98 Å². The van der Waals surface area contributed by atoms with E-state index in [2.05, 4.69) is 39.5 Å². The van der Waals surface area contributed by atoms with Crippen molar-refractivity contribution in [2.45, 2.75) is 44.9 Å². The minimum Gasteiger partial charge on any atom is -0.310 e. The molecule has 82 valence electrons. The van der Waals surface area contributed by atoms with E-state index in [4.69, 9.17) is 0 Å². The van der Waals surface area contributed by atoms with Gasteiger partial charge in [0.15, 0.2) is 0 Å². The normalized spacial score (nSPS) is 15.6. The smallest absolute Gasteiger partial charge is 0.264 e. The summed E-state index contributed by atoms with van der Waals surface area (Å²) in [5.41, 5.74) is 1.07. The lowest BCUT2D eigenvalue weighted by molar-refractivity contribution is 0.735. The highest BCUT2D eigenvalue weighted by Gasteiger charge is 2.28. The van der Waals surface area contributed by atoms with Crippen LogP contribution in [0.15, 0.2) is 4.79 Å². The summed E-state index contributed by atoms with van der Waals surface area (Å²) >= 11 is 2.11. The molecular weight excluding hydrogens is 303 g/mol. The van der Waals surface area contributed by atoms with Crippen LogP contribution in [0.25, 0.3) is 0 Å². The van der Waals surface area contributed by atoms with E-state index in [-0.39, 0.29) is 5.56 Å². The van der Waals surface area contributed by atoms with Gasteiger partial charge in [-0.2, -0.15) is 0 Å². The third kappa shape index (κ3) is 2.59. The Morgan fingerprint density at radius 2 is 2.27 bits per heavy atom. The lowest BCUT2D eigenvalue weighted by Gasteiger charge is -2.04. The average Bonchev–Trinajstić information content (AvgIpc) is 3.03. The zero-order valence-corrected chi connectivity index (χ0v) is 11.0. The molecule has 0 aliphatic heterocycles. The Balaban J connectivity index is 2.29. The first kappa shape index (κ1) is 11.1. The predicted molar refractivity (Wildman–Crippen MR) is 68.2 cm³/mol. The van der Waals surface area contributed by atoms with E-state index in [1.54, 1.807) is 0 Å². The van der Waals surface area contributed by atoms with Crippen molar-refractivity contribution in [2.75, 3.05) is 0 Å². The molecule has 1 aromatic rings. The van der Waals surface area contributed by atoms with Gasteiger partial charge in [-0.1, -0.05) is 13.3 Å². The van der Waals surface area contributed by atoms with Gasteiger partial charge in [0.25, 0.3) is 5.56 Å². The molecule has 1 aliphatic carbocycles. The topological polar surface area (TPSA) is 45.8 Å². The molecule has 1 heterocycles. The third-order valence-electron chi connectivity index (χ3n) is 2.67. The Hall–Kier alpha value is -0.390. The standard InChI is InChI=1S/C11H15IN2O/c1-2-3-4-8-13-10(7-5-6-7)9(12)11(15)14-8/h7H,2-6H2,1H3,(H,13,14,15). The fraction of sp³-hybridized carbons (Fsp3) is 0.636. The number of halogens is 1. The number of hydrogen-bond acceptors (Lipinski definition) is 2. The zero-order valence-electron chi connectivity index (χ0n) is 8.85. The number of H-pyrrole nitrogens is 1. The molecule has 0 atom stereocenters. The molecular formula is C11H15IN2O. The Bertz CT molecular complexity index is 410. The SMILES string of the molecule is CCCCc1nc(C2CC2)c(I)c(=O)[nH]1. The van der Waals surface area contributed by atoms with Crippen LogP contribution in [0.1, 0.15) is 50.0 Å². The number of aromatic nitrogens is 2. The van der Waals surface area contributed by atoms with Gasteiger partial charge >= 0.3 is 0 Å². The summed E-state index contributed by atoms with van der Waals surface area (Å²) in [5, 5.41) is 0. The van der Waals surface area contributed by atoms with Gasteiger partial charge in [-0.15, -0.1) is 0 Å². The van der Waals surface area contributed by atoms with E-state index in [1.165, 1.54) is 12.8 Å². The summed E-state index contributed by atoms with van der Waals surface area (Å²) in [7, 11) is 0. The van der Waals surface area contributed by atoms with Gasteiger partial charge in [-0.3, -0.25) is 4.79 Å². The van der Waals surface area contributed by atoms with Crippen molar-refractivity contribution >= 4 is 22.6 Å². The van der Waals surface area contributed by atoms with Crippen LogP contribution in [0.2, 0.25) is 0 Å². The number of nitrogens with zero attached hydrogens (tertiary/aromatic N) is 1. The summed E-state index contributed by atoms with van der Waals surface area (Å²) in [4.78, 5) is 19.1. The first-order valence-electron chi connectivity index (χ1n) is 5.51. The molecule has 0 spiro atoms. The van der Waals surface area contributed by atoms with E-state index in [1.807, 2.05) is 0 Å². The zero-order chi connectivity index (χ0) is 10.8. The summed E-state index contributed by atoms with van der Waals surface area (Å²) in [6.07, 6.45) is 5.50. The predicted octanol–water partition coefficient (Wildman–Crippen LogP) is 2.59. The Labute approximate surface area is 103 Å². The molecule has 2 rings (SSSR count). The van der Waals surface area contributed by atoms with E-state index >= 15 is 0 Å². The molecule has 0 unspecified atom stereocenters. The van der Waals surface area contributed by atoms with Crippen LogP contribution in [-0.4, -0.2) is 9.97 Å². The number of aryl methyl sites for hydroxylation is 1. The summed E-state index contributed by atoms with van der Waals surface area (Å²) in [5.74, 6) is 1.42.